The lowest BCUT2D eigenvalue weighted by atomic mass is 9.80. The summed E-state index contributed by atoms with van der Waals surface area (Å²) in [7, 11) is 1.56. The summed E-state index contributed by atoms with van der Waals surface area (Å²) in [5, 5.41) is 12.7. The summed E-state index contributed by atoms with van der Waals surface area (Å²) in [5.41, 5.74) is -0.0753. The van der Waals surface area contributed by atoms with Crippen molar-refractivity contribution in [3.63, 3.8) is 0 Å². The van der Waals surface area contributed by atoms with Crippen molar-refractivity contribution in [2.45, 2.75) is 32.0 Å². The van der Waals surface area contributed by atoms with Gasteiger partial charge in [-0.05, 0) is 42.7 Å². The van der Waals surface area contributed by atoms with Gasteiger partial charge >= 0.3 is 0 Å². The summed E-state index contributed by atoms with van der Waals surface area (Å²) < 4.78 is 64.0. The molecule has 3 aromatic rings. The number of rotatable bonds is 6. The number of halogens is 4. The summed E-state index contributed by atoms with van der Waals surface area (Å²) in [5.74, 6) is -4.57. The maximum atomic E-state index is 15.1. The first kappa shape index (κ1) is 23.4. The van der Waals surface area contributed by atoms with Crippen LogP contribution >= 0.6 is 0 Å². The molecule has 36 heavy (non-hydrogen) atoms. The number of methoxy groups -OCH3 is 1. The lowest BCUT2D eigenvalue weighted by Crippen LogP contribution is -2.61. The number of fused-ring (bicyclic) bond motifs is 2. The molecule has 4 heterocycles. The Kier molecular flexibility index (Phi) is 5.05. The number of aromatic nitrogens is 1. The van der Waals surface area contributed by atoms with Gasteiger partial charge in [-0.2, -0.15) is 0 Å². The highest BCUT2D eigenvalue weighted by atomic mass is 19.2. The predicted molar refractivity (Wildman–Crippen MR) is 126 cm³/mol. The second kappa shape index (κ2) is 7.76. The van der Waals surface area contributed by atoms with Gasteiger partial charge in [0.2, 0.25) is 0 Å². The first-order valence-electron chi connectivity index (χ1n) is 12.1. The molecule has 3 saturated heterocycles. The van der Waals surface area contributed by atoms with E-state index in [1.807, 2.05) is 18.2 Å². The van der Waals surface area contributed by atoms with Crippen LogP contribution in [0, 0.1) is 47.4 Å². The molecule has 4 nitrogen and oxygen atoms in total. The van der Waals surface area contributed by atoms with Crippen LogP contribution in [0.2, 0.25) is 0 Å². The van der Waals surface area contributed by atoms with Gasteiger partial charge < -0.3 is 14.3 Å². The smallest absolute Gasteiger partial charge is 0.195 e. The standard InChI is InChI=1S/C28H27F4N2O2/c1-4-28-19-8-10-34(13-20(19)28,12-18-22(29)14(2)23(30)25(32)24(18)31)27(28)26(35)16-7-9-33-21-6-5-15(36-3)11-17(16)21/h4-7,9,11,19-20,26-27,35H,1,8,10,12-13H2,2-3H3/q+1/t19?,20?,26-,27-,28?,34?/m1/s1. The van der Waals surface area contributed by atoms with Crippen LogP contribution in [0.15, 0.2) is 43.1 Å². The van der Waals surface area contributed by atoms with E-state index >= 15 is 4.39 Å². The summed E-state index contributed by atoms with van der Waals surface area (Å²) in [4.78, 5) is 4.41. The third-order valence-electron chi connectivity index (χ3n) is 9.21. The molecular weight excluding hydrogens is 472 g/mol. The van der Waals surface area contributed by atoms with Crippen molar-refractivity contribution >= 4 is 10.9 Å². The number of nitrogens with zero attached hydrogens (tertiary/aromatic N) is 2. The van der Waals surface area contributed by atoms with Crippen LogP contribution in [0.1, 0.15) is 29.2 Å². The Morgan fingerprint density at radius 1 is 1.17 bits per heavy atom. The summed E-state index contributed by atoms with van der Waals surface area (Å²) >= 11 is 0. The van der Waals surface area contributed by atoms with Crippen LogP contribution in [0.25, 0.3) is 10.9 Å². The molecule has 7 rings (SSSR count). The molecule has 1 aliphatic carbocycles. The van der Waals surface area contributed by atoms with Crippen molar-refractivity contribution in [3.05, 3.63) is 83.1 Å². The van der Waals surface area contributed by atoms with Gasteiger partial charge in [-0.25, -0.2) is 17.6 Å². The quantitative estimate of drug-likeness (QED) is 0.163. The number of hydrogen-bond donors (Lipinski definition) is 1. The van der Waals surface area contributed by atoms with E-state index in [9.17, 15) is 18.3 Å². The molecule has 4 fully saturated rings. The molecule has 4 unspecified atom stereocenters. The van der Waals surface area contributed by atoms with E-state index in [0.29, 0.717) is 35.8 Å². The fourth-order valence-corrected chi connectivity index (χ4v) is 7.58. The molecule has 0 spiro atoms. The van der Waals surface area contributed by atoms with E-state index in [4.69, 9.17) is 4.74 Å². The molecule has 1 N–H and O–H groups in total. The van der Waals surface area contributed by atoms with Crippen molar-refractivity contribution < 1.29 is 31.9 Å². The molecule has 0 radical (unpaired) electrons. The van der Waals surface area contributed by atoms with E-state index in [0.717, 1.165) is 18.7 Å². The van der Waals surface area contributed by atoms with E-state index in [2.05, 4.69) is 11.6 Å². The number of hydrogen-bond acceptors (Lipinski definition) is 3. The maximum Gasteiger partial charge on any atom is 0.195 e. The second-order valence-corrected chi connectivity index (χ2v) is 10.5. The molecule has 0 amide bonds. The number of ether oxygens (including phenoxy) is 1. The number of pyridine rings is 1. The number of piperidine rings is 3. The lowest BCUT2D eigenvalue weighted by Gasteiger charge is -2.50. The second-order valence-electron chi connectivity index (χ2n) is 10.5. The highest BCUT2D eigenvalue weighted by molar-refractivity contribution is 5.84. The Bertz CT molecular complexity index is 1400. The average Bonchev–Trinajstić information content (AvgIpc) is 3.47. The molecule has 4 aliphatic rings. The molecule has 3 aliphatic heterocycles. The lowest BCUT2D eigenvalue weighted by molar-refractivity contribution is -0.970. The van der Waals surface area contributed by atoms with Crippen LogP contribution in [0.5, 0.6) is 5.75 Å². The van der Waals surface area contributed by atoms with Crippen molar-refractivity contribution in [1.82, 2.24) is 4.98 Å². The van der Waals surface area contributed by atoms with Gasteiger partial charge in [0, 0.05) is 29.5 Å². The maximum absolute atomic E-state index is 15.1. The third kappa shape index (κ3) is 2.85. The molecule has 6 atom stereocenters. The van der Waals surface area contributed by atoms with E-state index < -0.39 is 52.0 Å². The van der Waals surface area contributed by atoms with Gasteiger partial charge in [0.15, 0.2) is 17.5 Å². The minimum Gasteiger partial charge on any atom is -0.497 e. The van der Waals surface area contributed by atoms with E-state index in [1.165, 1.54) is 0 Å². The van der Waals surface area contributed by atoms with Gasteiger partial charge in [-0.15, -0.1) is 6.58 Å². The summed E-state index contributed by atoms with van der Waals surface area (Å²) in [6, 6.07) is 6.72. The van der Waals surface area contributed by atoms with Crippen molar-refractivity contribution in [3.8, 4) is 5.75 Å². The predicted octanol–water partition coefficient (Wildman–Crippen LogP) is 5.36. The van der Waals surface area contributed by atoms with Gasteiger partial charge in [0.25, 0.3) is 0 Å². The van der Waals surface area contributed by atoms with E-state index in [-0.39, 0.29) is 16.9 Å². The monoisotopic (exact) mass is 499 g/mol. The summed E-state index contributed by atoms with van der Waals surface area (Å²) in [6.07, 6.45) is 3.33. The average molecular weight is 500 g/mol. The largest absolute Gasteiger partial charge is 0.497 e. The first-order valence-corrected chi connectivity index (χ1v) is 12.1. The SMILES string of the molecule is C=CC12C3CC[N+](Cc4c(F)c(C)c(F)c(F)c4F)(CC31)[C@@H]2[C@H](O)c1ccnc2ccc(OC)cc12. The molecule has 1 saturated carbocycles. The molecule has 2 aromatic carbocycles. The zero-order chi connectivity index (χ0) is 25.6. The number of aliphatic hydroxyl groups is 1. The zero-order valence-corrected chi connectivity index (χ0v) is 20.1. The Hall–Kier alpha value is -2.97. The fourth-order valence-electron chi connectivity index (χ4n) is 7.58. The zero-order valence-electron chi connectivity index (χ0n) is 20.1. The Morgan fingerprint density at radius 2 is 1.94 bits per heavy atom. The molecule has 8 heteroatoms. The highest BCUT2D eigenvalue weighted by Crippen LogP contribution is 2.75. The molecule has 1 aromatic heterocycles. The summed E-state index contributed by atoms with van der Waals surface area (Å²) in [6.45, 7) is 6.18. The number of benzene rings is 2. The van der Waals surface area contributed by atoms with Crippen LogP contribution in [0.3, 0.4) is 0 Å². The van der Waals surface area contributed by atoms with Gasteiger partial charge in [0.1, 0.15) is 30.3 Å². The normalized spacial score (nSPS) is 30.9. The van der Waals surface area contributed by atoms with E-state index in [1.54, 1.807) is 25.4 Å². The third-order valence-corrected chi connectivity index (χ3v) is 9.21. The van der Waals surface area contributed by atoms with Crippen molar-refractivity contribution in [1.29, 1.82) is 0 Å². The minimum absolute atomic E-state index is 0.178. The minimum atomic E-state index is -1.66. The Labute approximate surface area is 206 Å². The molecule has 4 bridgehead atoms. The fraction of sp³-hybridized carbons (Fsp3) is 0.393. The van der Waals surface area contributed by atoms with Crippen LogP contribution < -0.4 is 4.74 Å². The van der Waals surface area contributed by atoms with Gasteiger partial charge in [-0.3, -0.25) is 4.98 Å². The van der Waals surface area contributed by atoms with Crippen molar-refractivity contribution in [2.24, 2.45) is 17.3 Å². The topological polar surface area (TPSA) is 42.4 Å². The molecular formula is C28H27F4N2O2+. The van der Waals surface area contributed by atoms with Crippen LogP contribution in [0.4, 0.5) is 17.6 Å². The van der Waals surface area contributed by atoms with Crippen LogP contribution in [-0.2, 0) is 6.54 Å². The molecule has 188 valence electrons. The van der Waals surface area contributed by atoms with Gasteiger partial charge in [0.05, 0.1) is 36.7 Å². The van der Waals surface area contributed by atoms with Crippen molar-refractivity contribution in [2.75, 3.05) is 20.2 Å². The van der Waals surface area contributed by atoms with Crippen LogP contribution in [-0.4, -0.2) is 40.8 Å². The number of quaternary nitrogens is 1. The Morgan fingerprint density at radius 3 is 2.67 bits per heavy atom. The first-order chi connectivity index (χ1) is 17.2. The van der Waals surface area contributed by atoms with Gasteiger partial charge in [-0.1, -0.05) is 6.08 Å². The highest BCUT2D eigenvalue weighted by Gasteiger charge is 2.82. The number of aliphatic hydroxyl groups excluding tert-OH is 1. The Balaban J connectivity index is 1.50.